The minimum absolute atomic E-state index is 0.311. The van der Waals surface area contributed by atoms with E-state index in [1.807, 2.05) is 59.5 Å². The number of hydrogen-bond donors (Lipinski definition) is 1. The molecule has 0 radical (unpaired) electrons. The summed E-state index contributed by atoms with van der Waals surface area (Å²) >= 11 is 5.11. The third-order valence-electron chi connectivity index (χ3n) is 2.57. The first-order valence-electron chi connectivity index (χ1n) is 5.51. The Labute approximate surface area is 112 Å². The van der Waals surface area contributed by atoms with Gasteiger partial charge < -0.3 is 10.5 Å². The second kappa shape index (κ2) is 5.51. The van der Waals surface area contributed by atoms with Crippen LogP contribution in [0.25, 0.3) is 0 Å². The van der Waals surface area contributed by atoms with Crippen LogP contribution in [0.2, 0.25) is 0 Å². The zero-order valence-electron chi connectivity index (χ0n) is 10.0. The van der Waals surface area contributed by atoms with Gasteiger partial charge in [-0.15, -0.1) is 0 Å². The smallest absolute Gasteiger partial charge is 0.175 e. The number of nitrogens with zero attached hydrogens (tertiary/aromatic N) is 1. The van der Waals surface area contributed by atoms with Crippen molar-refractivity contribution in [3.63, 3.8) is 0 Å². The molecule has 0 aliphatic rings. The maximum Gasteiger partial charge on any atom is 0.175 e. The lowest BCUT2D eigenvalue weighted by Crippen LogP contribution is -2.31. The van der Waals surface area contributed by atoms with Crippen LogP contribution < -0.4 is 15.4 Å². The summed E-state index contributed by atoms with van der Waals surface area (Å²) in [5.41, 5.74) is 7.65. The Kier molecular flexibility index (Phi) is 3.79. The Hall–Kier alpha value is -2.07. The van der Waals surface area contributed by atoms with Gasteiger partial charge in [0.05, 0.1) is 7.11 Å². The first-order chi connectivity index (χ1) is 8.72. The molecule has 0 atom stereocenters. The molecule has 2 aromatic carbocycles. The molecule has 18 heavy (non-hydrogen) atoms. The minimum Gasteiger partial charge on any atom is -0.497 e. The molecule has 0 fully saturated rings. The van der Waals surface area contributed by atoms with Gasteiger partial charge in [0.1, 0.15) is 5.75 Å². The monoisotopic (exact) mass is 258 g/mol. The van der Waals surface area contributed by atoms with E-state index in [2.05, 4.69) is 0 Å². The van der Waals surface area contributed by atoms with Crippen LogP contribution >= 0.6 is 12.2 Å². The van der Waals surface area contributed by atoms with Crippen LogP contribution in [0.1, 0.15) is 0 Å². The zero-order valence-corrected chi connectivity index (χ0v) is 10.9. The molecule has 0 spiro atoms. The standard InChI is InChI=1S/C14H14N2OS/c1-17-13-9-7-12(8-10-13)16(14(15)18)11-5-3-2-4-6-11/h2-10H,1H3,(H2,15,18). The van der Waals surface area contributed by atoms with Crippen LogP contribution in [-0.4, -0.2) is 12.2 Å². The van der Waals surface area contributed by atoms with Crippen molar-refractivity contribution in [2.75, 3.05) is 12.0 Å². The lowest BCUT2D eigenvalue weighted by Gasteiger charge is -2.23. The van der Waals surface area contributed by atoms with E-state index < -0.39 is 0 Å². The van der Waals surface area contributed by atoms with Crippen molar-refractivity contribution in [3.05, 3.63) is 54.6 Å². The molecule has 3 nitrogen and oxygen atoms in total. The van der Waals surface area contributed by atoms with Gasteiger partial charge in [-0.05, 0) is 48.6 Å². The fourth-order valence-electron chi connectivity index (χ4n) is 1.71. The number of nitrogens with two attached hydrogens (primary N) is 1. The van der Waals surface area contributed by atoms with Gasteiger partial charge in [-0.1, -0.05) is 18.2 Å². The average Bonchev–Trinajstić information content (AvgIpc) is 2.40. The molecule has 0 unspecified atom stereocenters. The fourth-order valence-corrected chi connectivity index (χ4v) is 1.92. The maximum absolute atomic E-state index is 5.80. The van der Waals surface area contributed by atoms with Crippen molar-refractivity contribution in [3.8, 4) is 5.75 Å². The summed E-state index contributed by atoms with van der Waals surface area (Å²) in [6.45, 7) is 0. The molecule has 0 aliphatic heterocycles. The van der Waals surface area contributed by atoms with Gasteiger partial charge in [0.15, 0.2) is 5.11 Å². The van der Waals surface area contributed by atoms with E-state index >= 15 is 0 Å². The predicted molar refractivity (Wildman–Crippen MR) is 78.4 cm³/mol. The molecule has 0 saturated carbocycles. The highest BCUT2D eigenvalue weighted by atomic mass is 32.1. The number of para-hydroxylation sites is 1. The van der Waals surface area contributed by atoms with Gasteiger partial charge in [0.2, 0.25) is 0 Å². The lowest BCUT2D eigenvalue weighted by atomic mass is 10.2. The Morgan fingerprint density at radius 1 is 1.00 bits per heavy atom. The van der Waals surface area contributed by atoms with E-state index in [1.165, 1.54) is 0 Å². The lowest BCUT2D eigenvalue weighted by molar-refractivity contribution is 0.415. The van der Waals surface area contributed by atoms with E-state index in [-0.39, 0.29) is 0 Å². The van der Waals surface area contributed by atoms with Gasteiger partial charge in [-0.25, -0.2) is 0 Å². The second-order valence-corrected chi connectivity index (χ2v) is 4.13. The first-order valence-corrected chi connectivity index (χ1v) is 5.92. The molecule has 0 bridgehead atoms. The number of rotatable bonds is 3. The summed E-state index contributed by atoms with van der Waals surface area (Å²) in [7, 11) is 1.64. The van der Waals surface area contributed by atoms with Crippen molar-refractivity contribution in [1.29, 1.82) is 0 Å². The molecule has 2 N–H and O–H groups in total. The SMILES string of the molecule is COc1ccc(N(C(N)=S)c2ccccc2)cc1. The average molecular weight is 258 g/mol. The molecular weight excluding hydrogens is 244 g/mol. The van der Waals surface area contributed by atoms with Crippen molar-refractivity contribution in [2.45, 2.75) is 0 Å². The summed E-state index contributed by atoms with van der Waals surface area (Å²) in [6, 6.07) is 17.4. The molecule has 0 aliphatic carbocycles. The van der Waals surface area contributed by atoms with Gasteiger partial charge in [0, 0.05) is 11.4 Å². The molecule has 0 saturated heterocycles. The quantitative estimate of drug-likeness (QED) is 0.859. The first kappa shape index (κ1) is 12.4. The van der Waals surface area contributed by atoms with E-state index in [1.54, 1.807) is 7.11 Å². The molecule has 0 amide bonds. The van der Waals surface area contributed by atoms with Crippen LogP contribution in [0, 0.1) is 0 Å². The molecule has 92 valence electrons. The van der Waals surface area contributed by atoms with Crippen LogP contribution in [-0.2, 0) is 0 Å². The van der Waals surface area contributed by atoms with Gasteiger partial charge in [-0.2, -0.15) is 0 Å². The van der Waals surface area contributed by atoms with Crippen molar-refractivity contribution in [1.82, 2.24) is 0 Å². The Morgan fingerprint density at radius 3 is 2.06 bits per heavy atom. The van der Waals surface area contributed by atoms with Crippen LogP contribution in [0.5, 0.6) is 5.75 Å². The molecule has 4 heteroatoms. The highest BCUT2D eigenvalue weighted by molar-refractivity contribution is 7.80. The molecule has 2 aromatic rings. The Morgan fingerprint density at radius 2 is 1.56 bits per heavy atom. The third kappa shape index (κ3) is 2.60. The van der Waals surface area contributed by atoms with E-state index in [0.29, 0.717) is 5.11 Å². The maximum atomic E-state index is 5.80. The fraction of sp³-hybridized carbons (Fsp3) is 0.0714. The third-order valence-corrected chi connectivity index (χ3v) is 2.75. The van der Waals surface area contributed by atoms with Crippen molar-refractivity contribution < 1.29 is 4.74 Å². The molecule has 0 heterocycles. The number of thiocarbonyl (C=S) groups is 1. The van der Waals surface area contributed by atoms with Gasteiger partial charge in [0.25, 0.3) is 0 Å². The largest absolute Gasteiger partial charge is 0.497 e. The number of methoxy groups -OCH3 is 1. The van der Waals surface area contributed by atoms with Crippen LogP contribution in [0.15, 0.2) is 54.6 Å². The zero-order chi connectivity index (χ0) is 13.0. The molecule has 0 aromatic heterocycles. The minimum atomic E-state index is 0.311. The normalized spacial score (nSPS) is 9.83. The molecule has 2 rings (SSSR count). The van der Waals surface area contributed by atoms with Crippen molar-refractivity contribution >= 4 is 28.7 Å². The summed E-state index contributed by atoms with van der Waals surface area (Å²) in [5.74, 6) is 0.801. The highest BCUT2D eigenvalue weighted by Gasteiger charge is 2.11. The van der Waals surface area contributed by atoms with E-state index in [0.717, 1.165) is 17.1 Å². The molecular formula is C14H14N2OS. The summed E-state index contributed by atoms with van der Waals surface area (Å²) < 4.78 is 5.13. The van der Waals surface area contributed by atoms with Crippen LogP contribution in [0.3, 0.4) is 0 Å². The summed E-state index contributed by atoms with van der Waals surface area (Å²) in [5, 5.41) is 0.311. The second-order valence-electron chi connectivity index (χ2n) is 3.71. The predicted octanol–water partition coefficient (Wildman–Crippen LogP) is 3.08. The summed E-state index contributed by atoms with van der Waals surface area (Å²) in [6.07, 6.45) is 0. The number of benzene rings is 2. The Balaban J connectivity index is 2.39. The van der Waals surface area contributed by atoms with E-state index in [4.69, 9.17) is 22.7 Å². The van der Waals surface area contributed by atoms with Gasteiger partial charge in [-0.3, -0.25) is 4.90 Å². The highest BCUT2D eigenvalue weighted by Crippen LogP contribution is 2.26. The number of anilines is 2. The van der Waals surface area contributed by atoms with Crippen molar-refractivity contribution in [2.24, 2.45) is 5.73 Å². The topological polar surface area (TPSA) is 38.5 Å². The van der Waals surface area contributed by atoms with E-state index in [9.17, 15) is 0 Å². The number of ether oxygens (including phenoxy) is 1. The van der Waals surface area contributed by atoms with Crippen LogP contribution in [0.4, 0.5) is 11.4 Å². The summed E-state index contributed by atoms with van der Waals surface area (Å²) in [4.78, 5) is 1.81. The van der Waals surface area contributed by atoms with Gasteiger partial charge >= 0.3 is 0 Å². The number of hydrogen-bond acceptors (Lipinski definition) is 2. The Bertz CT molecular complexity index is 525.